The van der Waals surface area contributed by atoms with Crippen LogP contribution in [0, 0.1) is 0 Å². The molecule has 3 aliphatic rings. The van der Waals surface area contributed by atoms with E-state index < -0.39 is 11.2 Å². The minimum Gasteiger partial charge on any atom is -0.613 e. The number of rotatable bonds is 2. The lowest BCUT2D eigenvalue weighted by Crippen LogP contribution is -2.44. The predicted molar refractivity (Wildman–Crippen MR) is 74.4 cm³/mol. The van der Waals surface area contributed by atoms with Gasteiger partial charge in [0.1, 0.15) is 5.84 Å². The third kappa shape index (κ3) is 2.17. The largest absolute Gasteiger partial charge is 0.613 e. The smallest absolute Gasteiger partial charge is 0.283 e. The molecule has 0 saturated heterocycles. The second kappa shape index (κ2) is 4.97. The highest BCUT2D eigenvalue weighted by molar-refractivity contribution is 7.91. The Kier molecular flexibility index (Phi) is 3.35. The van der Waals surface area contributed by atoms with Crippen molar-refractivity contribution in [2.24, 2.45) is 4.99 Å². The second-order valence-corrected chi connectivity index (χ2v) is 6.52. The van der Waals surface area contributed by atoms with Crippen molar-refractivity contribution in [1.29, 1.82) is 0 Å². The van der Waals surface area contributed by atoms with E-state index in [0.717, 1.165) is 12.3 Å². The third-order valence-electron chi connectivity index (χ3n) is 3.81. The van der Waals surface area contributed by atoms with Gasteiger partial charge in [-0.1, -0.05) is 18.9 Å². The summed E-state index contributed by atoms with van der Waals surface area (Å²) in [6.07, 6.45) is 14.0. The molecule has 0 bridgehead atoms. The zero-order valence-electron chi connectivity index (χ0n) is 10.6. The van der Waals surface area contributed by atoms with Gasteiger partial charge in [0.2, 0.25) is 0 Å². The van der Waals surface area contributed by atoms with Crippen molar-refractivity contribution in [3.8, 4) is 0 Å². The van der Waals surface area contributed by atoms with Gasteiger partial charge in [0, 0.05) is 24.0 Å². The molecule has 1 fully saturated rings. The number of nitrogens with zero attached hydrogens (tertiary/aromatic N) is 2. The van der Waals surface area contributed by atoms with Gasteiger partial charge in [-0.3, -0.25) is 0 Å². The summed E-state index contributed by atoms with van der Waals surface area (Å²) < 4.78 is 11.6. The van der Waals surface area contributed by atoms with Crippen LogP contribution in [0.3, 0.4) is 0 Å². The summed E-state index contributed by atoms with van der Waals surface area (Å²) in [4.78, 5) is 6.94. The summed E-state index contributed by atoms with van der Waals surface area (Å²) >= 11 is -0.978. The van der Waals surface area contributed by atoms with Crippen molar-refractivity contribution in [2.75, 3.05) is 6.26 Å². The topological polar surface area (TPSA) is 50.7 Å². The molecule has 2 unspecified atom stereocenters. The van der Waals surface area contributed by atoms with E-state index in [9.17, 15) is 4.55 Å². The molecule has 0 radical (unpaired) electrons. The molecule has 4 nitrogen and oxygen atoms in total. The molecule has 98 valence electrons. The molecule has 0 spiro atoms. The van der Waals surface area contributed by atoms with Crippen LogP contribution in [-0.4, -0.2) is 33.1 Å². The fourth-order valence-corrected chi connectivity index (χ4v) is 3.37. The molecule has 2 heterocycles. The van der Waals surface area contributed by atoms with Crippen molar-refractivity contribution >= 4 is 17.0 Å². The van der Waals surface area contributed by atoms with Crippen LogP contribution in [0.25, 0.3) is 0 Å². The van der Waals surface area contributed by atoms with Crippen LogP contribution in [0.15, 0.2) is 29.0 Å². The van der Waals surface area contributed by atoms with Crippen molar-refractivity contribution in [3.63, 3.8) is 0 Å². The van der Waals surface area contributed by atoms with E-state index in [-0.39, 0.29) is 5.50 Å². The highest BCUT2D eigenvalue weighted by atomic mass is 32.2. The van der Waals surface area contributed by atoms with Gasteiger partial charge in [0.05, 0.1) is 6.26 Å². The normalized spacial score (nSPS) is 29.4. The monoisotopic (exact) mass is 265 g/mol. The van der Waals surface area contributed by atoms with Crippen molar-refractivity contribution in [3.05, 3.63) is 24.0 Å². The summed E-state index contributed by atoms with van der Waals surface area (Å²) in [5.74, 6) is 1.03. The fraction of sp³-hybridized carbons (Fsp3) is 0.615. The van der Waals surface area contributed by atoms with Gasteiger partial charge in [0.15, 0.2) is 0 Å². The maximum atomic E-state index is 11.6. The average Bonchev–Trinajstić information content (AvgIpc) is 2.91. The number of hydrogen-bond donors (Lipinski definition) is 1. The number of nitrogens with one attached hydrogen (secondary N) is 1. The Morgan fingerprint density at radius 1 is 1.44 bits per heavy atom. The third-order valence-corrected chi connectivity index (χ3v) is 4.68. The standard InChI is InChI=1S/C13H19N3OS/c1-18(17)13-14-9-10-5-4-8-16(12(10)15-13)11-6-2-3-7-11/h4,8-9,11,13-14H,2-3,5-7H2,1H3. The number of hydrogen-bond acceptors (Lipinski definition) is 4. The molecule has 0 aromatic heterocycles. The highest BCUT2D eigenvalue weighted by Crippen LogP contribution is 2.29. The van der Waals surface area contributed by atoms with Gasteiger partial charge in [-0.2, -0.15) is 4.99 Å². The summed E-state index contributed by atoms with van der Waals surface area (Å²) in [6, 6.07) is 0.577. The van der Waals surface area contributed by atoms with E-state index in [4.69, 9.17) is 0 Å². The Balaban J connectivity index is 1.87. The first-order valence-corrected chi connectivity index (χ1v) is 8.18. The second-order valence-electron chi connectivity index (χ2n) is 5.07. The first kappa shape index (κ1) is 12.1. The molecule has 0 aromatic rings. The Morgan fingerprint density at radius 3 is 2.94 bits per heavy atom. The van der Waals surface area contributed by atoms with Crippen molar-refractivity contribution < 1.29 is 4.55 Å². The summed E-state index contributed by atoms with van der Waals surface area (Å²) in [5.41, 5.74) is 0.922. The minimum atomic E-state index is -0.978. The number of fused-ring (bicyclic) bond motifs is 1. The zero-order valence-corrected chi connectivity index (χ0v) is 11.4. The van der Waals surface area contributed by atoms with Gasteiger partial charge in [-0.05, 0) is 30.4 Å². The minimum absolute atomic E-state index is 0.292. The van der Waals surface area contributed by atoms with E-state index in [1.54, 1.807) is 6.26 Å². The molecule has 1 N–H and O–H groups in total. The van der Waals surface area contributed by atoms with Crippen LogP contribution in [0.4, 0.5) is 0 Å². The van der Waals surface area contributed by atoms with Gasteiger partial charge < -0.3 is 14.8 Å². The molecular formula is C13H19N3OS. The van der Waals surface area contributed by atoms with Crippen LogP contribution in [0.5, 0.6) is 0 Å². The number of amidine groups is 1. The van der Waals surface area contributed by atoms with Crippen LogP contribution < -0.4 is 5.32 Å². The van der Waals surface area contributed by atoms with Gasteiger partial charge in [0.25, 0.3) is 5.50 Å². The SMILES string of the molecule is C[S+]([O-])C1N=C2C(=CN1)CC=CN2C1CCCC1. The van der Waals surface area contributed by atoms with E-state index in [1.165, 1.54) is 31.3 Å². The number of allylic oxidation sites excluding steroid dienone is 1. The Morgan fingerprint density at radius 2 is 2.22 bits per heavy atom. The lowest BCUT2D eigenvalue weighted by Gasteiger charge is -2.35. The molecule has 2 aliphatic heterocycles. The predicted octanol–water partition coefficient (Wildman–Crippen LogP) is 1.70. The van der Waals surface area contributed by atoms with Gasteiger partial charge in [-0.25, -0.2) is 0 Å². The molecule has 3 rings (SSSR count). The molecule has 1 aliphatic carbocycles. The molecule has 2 atom stereocenters. The molecular weight excluding hydrogens is 246 g/mol. The van der Waals surface area contributed by atoms with Crippen LogP contribution in [-0.2, 0) is 11.2 Å². The number of aliphatic imine (C=N–C) groups is 1. The quantitative estimate of drug-likeness (QED) is 0.773. The summed E-state index contributed by atoms with van der Waals surface area (Å²) in [5, 5.41) is 3.12. The highest BCUT2D eigenvalue weighted by Gasteiger charge is 2.31. The van der Waals surface area contributed by atoms with E-state index >= 15 is 0 Å². The average molecular weight is 265 g/mol. The maximum absolute atomic E-state index is 11.6. The summed E-state index contributed by atoms with van der Waals surface area (Å²) in [7, 11) is 0. The van der Waals surface area contributed by atoms with E-state index in [2.05, 4.69) is 27.5 Å². The Hall–Kier alpha value is -0.940. The van der Waals surface area contributed by atoms with Crippen molar-refractivity contribution in [2.45, 2.75) is 43.6 Å². The first-order chi connectivity index (χ1) is 8.75. The molecule has 5 heteroatoms. The molecule has 1 saturated carbocycles. The van der Waals surface area contributed by atoms with Crippen molar-refractivity contribution in [1.82, 2.24) is 10.2 Å². The zero-order chi connectivity index (χ0) is 12.5. The van der Waals surface area contributed by atoms with Gasteiger partial charge in [-0.15, -0.1) is 0 Å². The van der Waals surface area contributed by atoms with Crippen LogP contribution in [0.2, 0.25) is 0 Å². The maximum Gasteiger partial charge on any atom is 0.283 e. The lowest BCUT2D eigenvalue weighted by atomic mass is 10.1. The van der Waals surface area contributed by atoms with E-state index in [1.807, 2.05) is 6.20 Å². The van der Waals surface area contributed by atoms with Crippen LogP contribution >= 0.6 is 0 Å². The first-order valence-electron chi connectivity index (χ1n) is 6.56. The lowest BCUT2D eigenvalue weighted by molar-refractivity contribution is 0.397. The molecule has 0 aromatic carbocycles. The fourth-order valence-electron chi connectivity index (χ4n) is 2.86. The van der Waals surface area contributed by atoms with E-state index in [0.29, 0.717) is 6.04 Å². The molecule has 0 amide bonds. The molecule has 18 heavy (non-hydrogen) atoms. The summed E-state index contributed by atoms with van der Waals surface area (Å²) in [6.45, 7) is 0. The van der Waals surface area contributed by atoms with Gasteiger partial charge >= 0.3 is 0 Å². The van der Waals surface area contributed by atoms with Crippen LogP contribution in [0.1, 0.15) is 32.1 Å². The Labute approximate surface area is 111 Å². The Bertz CT molecular complexity index is 410.